The van der Waals surface area contributed by atoms with Crippen LogP contribution in [-0.2, 0) is 4.74 Å². The summed E-state index contributed by atoms with van der Waals surface area (Å²) in [6.45, 7) is 3.91. The molecule has 0 spiro atoms. The summed E-state index contributed by atoms with van der Waals surface area (Å²) in [5.74, 6) is -0.0930. The lowest BCUT2D eigenvalue weighted by molar-refractivity contribution is 0.0593. The van der Waals surface area contributed by atoms with Gasteiger partial charge in [-0.15, -0.1) is 0 Å². The normalized spacial score (nSPS) is 9.82. The Bertz CT molecular complexity index is 756. The molecule has 112 valence electrons. The van der Waals surface area contributed by atoms with Crippen LogP contribution in [-0.4, -0.2) is 24.3 Å². The number of aromatic nitrogens is 1. The van der Waals surface area contributed by atoms with E-state index in [4.69, 9.17) is 20.5 Å². The van der Waals surface area contributed by atoms with Crippen molar-refractivity contribution in [3.05, 3.63) is 54.4 Å². The first-order valence-electron chi connectivity index (χ1n) is 6.46. The van der Waals surface area contributed by atoms with Crippen LogP contribution in [0.25, 0.3) is 5.69 Å². The van der Waals surface area contributed by atoms with Gasteiger partial charge in [-0.05, 0) is 12.1 Å². The molecule has 6 heteroatoms. The highest BCUT2D eigenvalue weighted by atomic mass is 16.5. The molecule has 0 bridgehead atoms. The summed E-state index contributed by atoms with van der Waals surface area (Å²) >= 11 is 0. The zero-order valence-electron chi connectivity index (χ0n) is 12.1. The van der Waals surface area contributed by atoms with Crippen molar-refractivity contribution in [2.24, 2.45) is 0 Å². The molecule has 0 aliphatic rings. The molecule has 0 fully saturated rings. The summed E-state index contributed by atoms with van der Waals surface area (Å²) in [5.41, 5.74) is 6.82. The summed E-state index contributed by atoms with van der Waals surface area (Å²) in [6, 6.07) is 9.06. The van der Waals surface area contributed by atoms with Crippen molar-refractivity contribution in [1.29, 1.82) is 5.26 Å². The van der Waals surface area contributed by atoms with Gasteiger partial charge in [0.05, 0.1) is 24.0 Å². The number of methoxy groups -OCH3 is 1. The molecule has 0 atom stereocenters. The highest BCUT2D eigenvalue weighted by Crippen LogP contribution is 2.29. The SMILES string of the molecule is C=CCOc1ccccc1-n1cc(C#N)c(N)c1C(=O)OC. The number of benzene rings is 1. The minimum Gasteiger partial charge on any atom is -0.487 e. The van der Waals surface area contributed by atoms with Gasteiger partial charge in [-0.25, -0.2) is 4.79 Å². The van der Waals surface area contributed by atoms with E-state index in [2.05, 4.69) is 6.58 Å². The van der Waals surface area contributed by atoms with E-state index < -0.39 is 5.97 Å². The van der Waals surface area contributed by atoms with Gasteiger partial charge in [-0.2, -0.15) is 5.26 Å². The van der Waals surface area contributed by atoms with Gasteiger partial charge in [-0.3, -0.25) is 0 Å². The zero-order valence-corrected chi connectivity index (χ0v) is 12.1. The third kappa shape index (κ3) is 2.65. The highest BCUT2D eigenvalue weighted by molar-refractivity contribution is 5.96. The molecule has 2 aromatic rings. The van der Waals surface area contributed by atoms with E-state index in [1.807, 2.05) is 6.07 Å². The number of ether oxygens (including phenoxy) is 2. The first-order chi connectivity index (χ1) is 10.6. The number of carbonyl (C=O) groups is 1. The molecule has 6 nitrogen and oxygen atoms in total. The van der Waals surface area contributed by atoms with Crippen molar-refractivity contribution >= 4 is 11.7 Å². The number of anilines is 1. The monoisotopic (exact) mass is 297 g/mol. The van der Waals surface area contributed by atoms with E-state index in [1.165, 1.54) is 17.9 Å². The van der Waals surface area contributed by atoms with E-state index in [0.29, 0.717) is 18.0 Å². The molecule has 0 aliphatic carbocycles. The number of nitrogens with two attached hydrogens (primary N) is 1. The lowest BCUT2D eigenvalue weighted by atomic mass is 10.2. The molecule has 1 heterocycles. The van der Waals surface area contributed by atoms with Gasteiger partial charge in [0.25, 0.3) is 0 Å². The summed E-state index contributed by atoms with van der Waals surface area (Å²) in [4.78, 5) is 12.0. The second kappa shape index (κ2) is 6.50. The van der Waals surface area contributed by atoms with Crippen LogP contribution < -0.4 is 10.5 Å². The van der Waals surface area contributed by atoms with Crippen molar-refractivity contribution in [3.8, 4) is 17.5 Å². The first-order valence-corrected chi connectivity index (χ1v) is 6.46. The second-order valence-corrected chi connectivity index (χ2v) is 4.35. The number of nitrogens with zero attached hydrogens (tertiary/aromatic N) is 2. The molecule has 0 saturated heterocycles. The molecule has 0 saturated carbocycles. The van der Waals surface area contributed by atoms with Crippen molar-refractivity contribution < 1.29 is 14.3 Å². The summed E-state index contributed by atoms with van der Waals surface area (Å²) in [7, 11) is 1.26. The molecule has 0 aliphatic heterocycles. The van der Waals surface area contributed by atoms with Gasteiger partial charge in [0.2, 0.25) is 0 Å². The summed E-state index contributed by atoms with van der Waals surface area (Å²) in [6.07, 6.45) is 3.10. The third-order valence-electron chi connectivity index (χ3n) is 3.03. The first kappa shape index (κ1) is 15.2. The molecule has 22 heavy (non-hydrogen) atoms. The van der Waals surface area contributed by atoms with Crippen molar-refractivity contribution in [3.63, 3.8) is 0 Å². The number of nitrogen functional groups attached to an aromatic ring is 1. The highest BCUT2D eigenvalue weighted by Gasteiger charge is 2.23. The molecule has 2 N–H and O–H groups in total. The van der Waals surface area contributed by atoms with Gasteiger partial charge in [-0.1, -0.05) is 24.8 Å². The Morgan fingerprint density at radius 1 is 1.50 bits per heavy atom. The molecule has 0 radical (unpaired) electrons. The van der Waals surface area contributed by atoms with Crippen LogP contribution in [0.1, 0.15) is 16.1 Å². The predicted molar refractivity (Wildman–Crippen MR) is 81.9 cm³/mol. The van der Waals surface area contributed by atoms with E-state index in [-0.39, 0.29) is 16.9 Å². The number of hydrogen-bond acceptors (Lipinski definition) is 5. The maximum atomic E-state index is 12.0. The van der Waals surface area contributed by atoms with Crippen LogP contribution in [0.4, 0.5) is 5.69 Å². The van der Waals surface area contributed by atoms with E-state index in [9.17, 15) is 4.79 Å². The Kier molecular flexibility index (Phi) is 4.49. The van der Waals surface area contributed by atoms with Gasteiger partial charge in [0.1, 0.15) is 18.4 Å². The van der Waals surface area contributed by atoms with Crippen LogP contribution in [0.2, 0.25) is 0 Å². The standard InChI is InChI=1S/C16H15N3O3/c1-3-8-22-13-7-5-4-6-12(13)19-10-11(9-17)14(18)15(19)16(20)21-2/h3-7,10H,1,8,18H2,2H3. The number of nitriles is 1. The van der Waals surface area contributed by atoms with Crippen LogP contribution in [0.15, 0.2) is 43.1 Å². The fraction of sp³-hybridized carbons (Fsp3) is 0.125. The maximum absolute atomic E-state index is 12.0. The van der Waals surface area contributed by atoms with Gasteiger partial charge in [0, 0.05) is 6.20 Å². The average molecular weight is 297 g/mol. The Labute approximate surface area is 128 Å². The molecular formula is C16H15N3O3. The number of para-hydroxylation sites is 2. The molecule has 0 amide bonds. The van der Waals surface area contributed by atoms with Crippen LogP contribution in [0.3, 0.4) is 0 Å². The van der Waals surface area contributed by atoms with Crippen molar-refractivity contribution in [2.75, 3.05) is 19.5 Å². The van der Waals surface area contributed by atoms with Crippen LogP contribution in [0, 0.1) is 11.3 Å². The van der Waals surface area contributed by atoms with Crippen LogP contribution >= 0.6 is 0 Å². The zero-order chi connectivity index (χ0) is 16.1. The van der Waals surface area contributed by atoms with Gasteiger partial charge in [0.15, 0.2) is 5.69 Å². The van der Waals surface area contributed by atoms with Crippen molar-refractivity contribution in [1.82, 2.24) is 4.57 Å². The molecular weight excluding hydrogens is 282 g/mol. The minimum atomic E-state index is -0.627. The molecule has 2 rings (SSSR count). The largest absolute Gasteiger partial charge is 0.487 e. The number of esters is 1. The van der Waals surface area contributed by atoms with Gasteiger partial charge >= 0.3 is 5.97 Å². The number of hydrogen-bond donors (Lipinski definition) is 1. The van der Waals surface area contributed by atoms with E-state index in [0.717, 1.165) is 0 Å². The number of rotatable bonds is 5. The Morgan fingerprint density at radius 3 is 2.86 bits per heavy atom. The quantitative estimate of drug-likeness (QED) is 0.675. The number of carbonyl (C=O) groups excluding carboxylic acids is 1. The molecule has 1 aromatic heterocycles. The minimum absolute atomic E-state index is 0.0767. The smallest absolute Gasteiger partial charge is 0.357 e. The Hall–Kier alpha value is -3.20. The van der Waals surface area contributed by atoms with E-state index in [1.54, 1.807) is 30.3 Å². The maximum Gasteiger partial charge on any atom is 0.357 e. The third-order valence-corrected chi connectivity index (χ3v) is 3.03. The Balaban J connectivity index is 2.65. The van der Waals surface area contributed by atoms with Crippen molar-refractivity contribution in [2.45, 2.75) is 0 Å². The van der Waals surface area contributed by atoms with Gasteiger partial charge < -0.3 is 19.8 Å². The topological polar surface area (TPSA) is 90.3 Å². The summed E-state index contributed by atoms with van der Waals surface area (Å²) < 4.78 is 11.8. The van der Waals surface area contributed by atoms with Crippen LogP contribution in [0.5, 0.6) is 5.75 Å². The fourth-order valence-electron chi connectivity index (χ4n) is 2.03. The lowest BCUT2D eigenvalue weighted by Crippen LogP contribution is -2.12. The molecule has 1 aromatic carbocycles. The fourth-order valence-corrected chi connectivity index (χ4v) is 2.03. The average Bonchev–Trinajstić information content (AvgIpc) is 2.89. The second-order valence-electron chi connectivity index (χ2n) is 4.35. The molecule has 0 unspecified atom stereocenters. The van der Waals surface area contributed by atoms with E-state index >= 15 is 0 Å². The summed E-state index contributed by atoms with van der Waals surface area (Å²) in [5, 5.41) is 9.13. The Morgan fingerprint density at radius 2 is 2.23 bits per heavy atom. The lowest BCUT2D eigenvalue weighted by Gasteiger charge is -2.13. The predicted octanol–water partition coefficient (Wildman–Crippen LogP) is 2.28.